The third-order valence-electron chi connectivity index (χ3n) is 5.07. The zero-order valence-corrected chi connectivity index (χ0v) is 14.1. The molecule has 2 unspecified atom stereocenters. The molecular formula is C19H22N4O2. The van der Waals surface area contributed by atoms with Gasteiger partial charge in [0.05, 0.1) is 6.54 Å². The van der Waals surface area contributed by atoms with E-state index in [9.17, 15) is 9.59 Å². The second-order valence-corrected chi connectivity index (χ2v) is 6.88. The Hall–Kier alpha value is -2.47. The van der Waals surface area contributed by atoms with Crippen LogP contribution in [0.2, 0.25) is 0 Å². The van der Waals surface area contributed by atoms with Crippen molar-refractivity contribution in [1.29, 1.82) is 0 Å². The van der Waals surface area contributed by atoms with Crippen LogP contribution in [0, 0.1) is 0 Å². The van der Waals surface area contributed by atoms with Crippen molar-refractivity contribution >= 4 is 5.91 Å². The van der Waals surface area contributed by atoms with E-state index in [1.54, 1.807) is 6.07 Å². The fraction of sp³-hybridized carbons (Fsp3) is 0.421. The molecule has 2 aliphatic heterocycles. The molecule has 1 aromatic heterocycles. The lowest BCUT2D eigenvalue weighted by Gasteiger charge is -2.24. The highest BCUT2D eigenvalue weighted by molar-refractivity contribution is 5.92. The van der Waals surface area contributed by atoms with Crippen molar-refractivity contribution in [2.75, 3.05) is 13.1 Å². The van der Waals surface area contributed by atoms with Gasteiger partial charge in [0.25, 0.3) is 11.5 Å². The molecule has 3 heterocycles. The van der Waals surface area contributed by atoms with Gasteiger partial charge in [-0.1, -0.05) is 30.3 Å². The first-order chi connectivity index (χ1) is 12.2. The van der Waals surface area contributed by atoms with Crippen LogP contribution in [0.5, 0.6) is 0 Å². The van der Waals surface area contributed by atoms with E-state index in [1.165, 1.54) is 17.2 Å². The summed E-state index contributed by atoms with van der Waals surface area (Å²) >= 11 is 0. The number of carbonyl (C=O) groups excluding carboxylic acids is 1. The van der Waals surface area contributed by atoms with Gasteiger partial charge in [0, 0.05) is 31.2 Å². The molecule has 130 valence electrons. The first-order valence-electron chi connectivity index (χ1n) is 8.86. The van der Waals surface area contributed by atoms with Gasteiger partial charge in [-0.05, 0) is 30.9 Å². The van der Waals surface area contributed by atoms with Crippen LogP contribution < -0.4 is 10.9 Å². The van der Waals surface area contributed by atoms with E-state index >= 15 is 0 Å². The lowest BCUT2D eigenvalue weighted by Crippen LogP contribution is -2.40. The van der Waals surface area contributed by atoms with Crippen molar-refractivity contribution in [2.45, 2.75) is 37.9 Å². The van der Waals surface area contributed by atoms with Crippen molar-refractivity contribution < 1.29 is 4.79 Å². The highest BCUT2D eigenvalue weighted by atomic mass is 16.2. The number of carbonyl (C=O) groups is 1. The van der Waals surface area contributed by atoms with Crippen molar-refractivity contribution in [3.8, 4) is 0 Å². The number of benzene rings is 1. The minimum Gasteiger partial charge on any atom is -0.336 e. The van der Waals surface area contributed by atoms with Gasteiger partial charge in [0.2, 0.25) is 0 Å². The zero-order chi connectivity index (χ0) is 17.2. The van der Waals surface area contributed by atoms with E-state index in [2.05, 4.69) is 10.4 Å². The Morgan fingerprint density at radius 2 is 1.88 bits per heavy atom. The second-order valence-electron chi connectivity index (χ2n) is 6.88. The molecular weight excluding hydrogens is 316 g/mol. The minimum atomic E-state index is -0.197. The molecule has 0 radical (unpaired) electrons. The summed E-state index contributed by atoms with van der Waals surface area (Å²) in [7, 11) is 0. The summed E-state index contributed by atoms with van der Waals surface area (Å²) in [5.41, 5.74) is 1.13. The molecule has 2 aliphatic rings. The van der Waals surface area contributed by atoms with E-state index in [4.69, 9.17) is 0 Å². The average molecular weight is 338 g/mol. The lowest BCUT2D eigenvalue weighted by molar-refractivity contribution is 0.0739. The molecule has 1 N–H and O–H groups in total. The van der Waals surface area contributed by atoms with E-state index in [0.717, 1.165) is 31.5 Å². The Morgan fingerprint density at radius 1 is 1.08 bits per heavy atom. The fourth-order valence-corrected chi connectivity index (χ4v) is 3.72. The van der Waals surface area contributed by atoms with Crippen LogP contribution in [0.15, 0.2) is 47.3 Å². The Bertz CT molecular complexity index is 818. The van der Waals surface area contributed by atoms with E-state index < -0.39 is 0 Å². The Balaban J connectivity index is 1.54. The van der Waals surface area contributed by atoms with E-state index in [1.807, 2.05) is 35.2 Å². The monoisotopic (exact) mass is 338 g/mol. The van der Waals surface area contributed by atoms with Crippen molar-refractivity contribution in [1.82, 2.24) is 20.0 Å². The molecule has 0 aliphatic carbocycles. The average Bonchev–Trinajstić information content (AvgIpc) is 2.96. The second kappa shape index (κ2) is 6.80. The standard InChI is InChI=1S/C19H22N4O2/c24-18-9-8-17(21-23(18)12-14-4-2-1-3-5-14)19(25)22-11-10-15-6-7-16(13-22)20-15/h1-5,8-9,15-16,20H,6-7,10-13H2. The zero-order valence-electron chi connectivity index (χ0n) is 14.1. The van der Waals surface area contributed by atoms with Gasteiger partial charge >= 0.3 is 0 Å². The molecule has 25 heavy (non-hydrogen) atoms. The maximum absolute atomic E-state index is 12.9. The largest absolute Gasteiger partial charge is 0.336 e. The molecule has 2 fully saturated rings. The minimum absolute atomic E-state index is 0.0869. The molecule has 6 heteroatoms. The summed E-state index contributed by atoms with van der Waals surface area (Å²) < 4.78 is 1.37. The van der Waals surface area contributed by atoms with Gasteiger partial charge in [-0.25, -0.2) is 4.68 Å². The van der Waals surface area contributed by atoms with Crippen molar-refractivity contribution in [3.05, 3.63) is 64.1 Å². The topological polar surface area (TPSA) is 67.2 Å². The SMILES string of the molecule is O=C(c1ccc(=O)n(Cc2ccccc2)n1)N1CCC2CCC(C1)N2. The molecule has 0 saturated carbocycles. The summed E-state index contributed by atoms with van der Waals surface area (Å²) in [6.07, 6.45) is 3.30. The Morgan fingerprint density at radius 3 is 2.72 bits per heavy atom. The Labute approximate surface area is 146 Å². The van der Waals surface area contributed by atoms with Gasteiger partial charge in [0.1, 0.15) is 5.69 Å². The molecule has 0 spiro atoms. The maximum Gasteiger partial charge on any atom is 0.274 e. The number of aromatic nitrogens is 2. The summed E-state index contributed by atoms with van der Waals surface area (Å²) in [5, 5.41) is 7.90. The molecule has 4 rings (SSSR count). The lowest BCUT2D eigenvalue weighted by atomic mass is 10.1. The van der Waals surface area contributed by atoms with Crippen LogP contribution in [-0.4, -0.2) is 45.8 Å². The third kappa shape index (κ3) is 3.49. The number of likely N-dealkylation sites (tertiary alicyclic amines) is 1. The molecule has 2 aromatic rings. The fourth-order valence-electron chi connectivity index (χ4n) is 3.72. The normalized spacial score (nSPS) is 22.6. The van der Waals surface area contributed by atoms with Crippen molar-refractivity contribution in [2.24, 2.45) is 0 Å². The predicted octanol–water partition coefficient (Wildman–Crippen LogP) is 1.26. The summed E-state index contributed by atoms with van der Waals surface area (Å²) in [6.45, 7) is 1.83. The number of hydrogen-bond acceptors (Lipinski definition) is 4. The first-order valence-corrected chi connectivity index (χ1v) is 8.86. The summed E-state index contributed by atoms with van der Waals surface area (Å²) in [4.78, 5) is 26.8. The highest BCUT2D eigenvalue weighted by Crippen LogP contribution is 2.21. The highest BCUT2D eigenvalue weighted by Gasteiger charge is 2.31. The van der Waals surface area contributed by atoms with Crippen LogP contribution in [0.1, 0.15) is 35.3 Å². The van der Waals surface area contributed by atoms with E-state index in [-0.39, 0.29) is 11.5 Å². The third-order valence-corrected chi connectivity index (χ3v) is 5.07. The van der Waals surface area contributed by atoms with Gasteiger partial charge in [-0.2, -0.15) is 5.10 Å². The van der Waals surface area contributed by atoms with Crippen LogP contribution in [-0.2, 0) is 6.54 Å². The molecule has 1 aromatic carbocycles. The molecule has 2 saturated heterocycles. The van der Waals surface area contributed by atoms with Gasteiger partial charge in [0.15, 0.2) is 0 Å². The van der Waals surface area contributed by atoms with Gasteiger partial charge in [-0.3, -0.25) is 9.59 Å². The number of nitrogens with one attached hydrogen (secondary N) is 1. The molecule has 1 amide bonds. The predicted molar refractivity (Wildman–Crippen MR) is 94.5 cm³/mol. The number of hydrogen-bond donors (Lipinski definition) is 1. The van der Waals surface area contributed by atoms with Crippen LogP contribution in [0.25, 0.3) is 0 Å². The van der Waals surface area contributed by atoms with Crippen LogP contribution >= 0.6 is 0 Å². The molecule has 2 atom stereocenters. The summed E-state index contributed by atoms with van der Waals surface area (Å²) in [6, 6.07) is 13.6. The van der Waals surface area contributed by atoms with Crippen LogP contribution in [0.4, 0.5) is 0 Å². The number of amides is 1. The molecule has 2 bridgehead atoms. The summed E-state index contributed by atoms with van der Waals surface area (Å²) in [5.74, 6) is -0.0869. The Kier molecular flexibility index (Phi) is 4.36. The molecule has 6 nitrogen and oxygen atoms in total. The number of fused-ring (bicyclic) bond motifs is 2. The van der Waals surface area contributed by atoms with Crippen LogP contribution in [0.3, 0.4) is 0 Å². The quantitative estimate of drug-likeness (QED) is 0.915. The van der Waals surface area contributed by atoms with Gasteiger partial charge in [-0.15, -0.1) is 0 Å². The number of rotatable bonds is 3. The first kappa shape index (κ1) is 16.0. The maximum atomic E-state index is 12.9. The number of nitrogens with zero attached hydrogens (tertiary/aromatic N) is 3. The smallest absolute Gasteiger partial charge is 0.274 e. The van der Waals surface area contributed by atoms with Crippen molar-refractivity contribution in [3.63, 3.8) is 0 Å². The van der Waals surface area contributed by atoms with E-state index in [0.29, 0.717) is 24.3 Å². The van der Waals surface area contributed by atoms with Gasteiger partial charge < -0.3 is 10.2 Å².